The molecule has 0 fully saturated rings. The lowest BCUT2D eigenvalue weighted by atomic mass is 10.1. The maximum Gasteiger partial charge on any atom is 0.469 e. The first kappa shape index (κ1) is 44.3. The third-order valence-corrected chi connectivity index (χ3v) is 8.12. The van der Waals surface area contributed by atoms with E-state index in [1.165, 1.54) is 77.0 Å². The highest BCUT2D eigenvalue weighted by atomic mass is 31.2. The van der Waals surface area contributed by atoms with Gasteiger partial charge in [0.15, 0.2) is 6.10 Å². The van der Waals surface area contributed by atoms with Crippen molar-refractivity contribution in [3.63, 3.8) is 0 Å². The average molecular weight is 671 g/mol. The van der Waals surface area contributed by atoms with E-state index in [1.807, 2.05) is 0 Å². The number of carbonyl (C=O) groups is 2. The molecule has 9 heteroatoms. The van der Waals surface area contributed by atoms with Crippen molar-refractivity contribution in [1.29, 1.82) is 0 Å². The molecule has 0 saturated carbocycles. The van der Waals surface area contributed by atoms with Gasteiger partial charge >= 0.3 is 19.8 Å². The molecule has 0 aromatic carbocycles. The summed E-state index contributed by atoms with van der Waals surface area (Å²) in [5, 5.41) is 0. The van der Waals surface area contributed by atoms with Gasteiger partial charge in [-0.25, -0.2) is 4.57 Å². The summed E-state index contributed by atoms with van der Waals surface area (Å²) in [5.74, 6) is -0.943. The van der Waals surface area contributed by atoms with Crippen molar-refractivity contribution in [3.8, 4) is 0 Å². The summed E-state index contributed by atoms with van der Waals surface area (Å²) >= 11 is 0. The van der Waals surface area contributed by atoms with E-state index >= 15 is 0 Å². The van der Waals surface area contributed by atoms with Crippen LogP contribution in [0.4, 0.5) is 0 Å². The molecule has 0 aromatic heterocycles. The Balaban J connectivity index is 4.06. The van der Waals surface area contributed by atoms with Gasteiger partial charge in [-0.05, 0) is 70.6 Å². The van der Waals surface area contributed by atoms with Gasteiger partial charge in [0.1, 0.15) is 6.61 Å². The van der Waals surface area contributed by atoms with E-state index < -0.39 is 32.5 Å². The molecule has 46 heavy (non-hydrogen) atoms. The summed E-state index contributed by atoms with van der Waals surface area (Å²) in [6, 6.07) is 0. The minimum absolute atomic E-state index is 0.185. The average Bonchev–Trinajstić information content (AvgIpc) is 3.02. The number of ether oxygens (including phenoxy) is 2. The Morgan fingerprint density at radius 1 is 0.565 bits per heavy atom. The summed E-state index contributed by atoms with van der Waals surface area (Å²) in [7, 11) is -4.76. The van der Waals surface area contributed by atoms with Crippen LogP contribution in [0.1, 0.15) is 168 Å². The van der Waals surface area contributed by atoms with Crippen molar-refractivity contribution in [1.82, 2.24) is 0 Å². The van der Waals surface area contributed by atoms with Crippen molar-refractivity contribution >= 4 is 19.8 Å². The molecule has 268 valence electrons. The first-order valence-corrected chi connectivity index (χ1v) is 19.8. The first-order chi connectivity index (χ1) is 22.3. The number of carbonyl (C=O) groups excluding carboxylic acids is 2. The van der Waals surface area contributed by atoms with Gasteiger partial charge in [-0.15, -0.1) is 0 Å². The normalized spacial score (nSPS) is 12.9. The van der Waals surface area contributed by atoms with Crippen molar-refractivity contribution in [3.05, 3.63) is 36.5 Å². The Hall–Kier alpha value is -1.73. The number of rotatable bonds is 33. The molecule has 0 rings (SSSR count). The molecule has 0 bridgehead atoms. The number of hydrogen-bond acceptors (Lipinski definition) is 6. The smallest absolute Gasteiger partial charge is 0.462 e. The lowest BCUT2D eigenvalue weighted by Crippen LogP contribution is -2.29. The molecule has 1 atom stereocenters. The fraction of sp³-hybridized carbons (Fsp3) is 0.784. The van der Waals surface area contributed by atoms with Gasteiger partial charge in [0, 0.05) is 12.8 Å². The summed E-state index contributed by atoms with van der Waals surface area (Å²) in [4.78, 5) is 42.6. The van der Waals surface area contributed by atoms with Gasteiger partial charge in [-0.1, -0.05) is 121 Å². The lowest BCUT2D eigenvalue weighted by Gasteiger charge is -2.18. The van der Waals surface area contributed by atoms with E-state index in [0.717, 1.165) is 51.4 Å². The van der Waals surface area contributed by atoms with Gasteiger partial charge in [-0.3, -0.25) is 14.1 Å². The van der Waals surface area contributed by atoms with E-state index in [2.05, 4.69) is 54.8 Å². The van der Waals surface area contributed by atoms with Crippen LogP contribution >= 0.6 is 7.82 Å². The molecule has 0 radical (unpaired) electrons. The minimum atomic E-state index is -4.76. The molecule has 8 nitrogen and oxygen atoms in total. The predicted molar refractivity (Wildman–Crippen MR) is 188 cm³/mol. The monoisotopic (exact) mass is 670 g/mol. The highest BCUT2D eigenvalue weighted by molar-refractivity contribution is 7.46. The van der Waals surface area contributed by atoms with Crippen LogP contribution in [0.3, 0.4) is 0 Å². The molecule has 0 aromatic rings. The largest absolute Gasteiger partial charge is 0.469 e. The zero-order valence-electron chi connectivity index (χ0n) is 29.2. The first-order valence-electron chi connectivity index (χ1n) is 18.3. The Bertz CT molecular complexity index is 848. The number of hydrogen-bond donors (Lipinski definition) is 2. The van der Waals surface area contributed by atoms with Crippen molar-refractivity contribution in [2.45, 2.75) is 174 Å². The van der Waals surface area contributed by atoms with Crippen LogP contribution in [0.5, 0.6) is 0 Å². The maximum atomic E-state index is 12.3. The molecule has 0 saturated heterocycles. The quantitative estimate of drug-likeness (QED) is 0.0306. The third kappa shape index (κ3) is 35.1. The van der Waals surface area contributed by atoms with Crippen LogP contribution in [-0.4, -0.2) is 41.0 Å². The van der Waals surface area contributed by atoms with E-state index in [0.29, 0.717) is 12.8 Å². The van der Waals surface area contributed by atoms with E-state index in [-0.39, 0.29) is 19.4 Å². The topological polar surface area (TPSA) is 119 Å². The summed E-state index contributed by atoms with van der Waals surface area (Å²) in [5.41, 5.74) is 0. The Morgan fingerprint density at radius 2 is 0.978 bits per heavy atom. The molecule has 0 aliphatic rings. The van der Waals surface area contributed by atoms with Gasteiger partial charge in [0.25, 0.3) is 0 Å². The van der Waals surface area contributed by atoms with Gasteiger partial charge in [0.2, 0.25) is 0 Å². The summed E-state index contributed by atoms with van der Waals surface area (Å²) in [6.45, 7) is 3.61. The number of allylic oxidation sites excluding steroid dienone is 6. The lowest BCUT2D eigenvalue weighted by molar-refractivity contribution is -0.161. The molecular weight excluding hydrogens is 603 g/mol. The zero-order chi connectivity index (χ0) is 34.0. The number of unbranched alkanes of at least 4 members (excludes halogenated alkanes) is 17. The van der Waals surface area contributed by atoms with E-state index in [9.17, 15) is 14.2 Å². The van der Waals surface area contributed by atoms with Crippen molar-refractivity contribution < 1.29 is 37.9 Å². The Kier molecular flexibility index (Phi) is 31.9. The highest BCUT2D eigenvalue weighted by Crippen LogP contribution is 2.35. The summed E-state index contributed by atoms with van der Waals surface area (Å²) < 4.78 is 26.2. The zero-order valence-corrected chi connectivity index (χ0v) is 30.1. The van der Waals surface area contributed by atoms with Gasteiger partial charge in [0.05, 0.1) is 6.61 Å². The Labute approximate surface area is 281 Å². The van der Waals surface area contributed by atoms with Crippen LogP contribution in [0, 0.1) is 0 Å². The van der Waals surface area contributed by atoms with Gasteiger partial charge in [-0.2, -0.15) is 0 Å². The summed E-state index contributed by atoms with van der Waals surface area (Å²) in [6.07, 6.45) is 37.3. The van der Waals surface area contributed by atoms with E-state index in [1.54, 1.807) is 0 Å². The van der Waals surface area contributed by atoms with Crippen LogP contribution in [0.25, 0.3) is 0 Å². The molecule has 2 N–H and O–H groups in total. The van der Waals surface area contributed by atoms with Crippen LogP contribution in [-0.2, 0) is 28.2 Å². The van der Waals surface area contributed by atoms with Crippen LogP contribution in [0.15, 0.2) is 36.5 Å². The molecule has 0 aliphatic carbocycles. The molecule has 0 aliphatic heterocycles. The second-order valence-corrected chi connectivity index (χ2v) is 13.4. The molecule has 0 heterocycles. The van der Waals surface area contributed by atoms with Crippen LogP contribution in [0.2, 0.25) is 0 Å². The SMILES string of the molecule is CCCCCCCC/C=C/C/C=C/CCCCC(=O)OC[C@H](COP(=O)(O)O)OC(=O)CCCCC/C=C/CCCCCCCC. The fourth-order valence-corrected chi connectivity index (χ4v) is 5.23. The van der Waals surface area contributed by atoms with Crippen LogP contribution < -0.4 is 0 Å². The molecule has 0 unspecified atom stereocenters. The number of phosphoric acid groups is 1. The standard InChI is InChI=1S/C37H67O8P/c1-3-5-7-9-11-13-15-17-18-20-21-23-25-27-29-31-36(38)43-33-35(34-44-46(40,41)42)45-37(39)32-30-28-26-24-22-19-16-14-12-10-8-6-4-2/h17-19,21-23,35H,3-16,20,24-34H2,1-2H3,(H2,40,41,42)/b18-17+,22-19+,23-21+/t35-/m1/s1. The second kappa shape index (κ2) is 33.2. The second-order valence-electron chi connectivity index (χ2n) is 12.2. The number of phosphoric ester groups is 1. The predicted octanol–water partition coefficient (Wildman–Crippen LogP) is 10.6. The highest BCUT2D eigenvalue weighted by Gasteiger charge is 2.22. The van der Waals surface area contributed by atoms with Crippen molar-refractivity contribution in [2.75, 3.05) is 13.2 Å². The molecular formula is C37H67O8P. The maximum absolute atomic E-state index is 12.3. The number of esters is 2. The van der Waals surface area contributed by atoms with Gasteiger partial charge < -0.3 is 19.3 Å². The molecule has 0 spiro atoms. The molecule has 0 amide bonds. The van der Waals surface area contributed by atoms with E-state index in [4.69, 9.17) is 19.3 Å². The Morgan fingerprint density at radius 3 is 1.50 bits per heavy atom. The third-order valence-electron chi connectivity index (χ3n) is 7.63. The fourth-order valence-electron chi connectivity index (χ4n) is 4.87. The minimum Gasteiger partial charge on any atom is -0.462 e. The van der Waals surface area contributed by atoms with Crippen molar-refractivity contribution in [2.24, 2.45) is 0 Å².